The standard InChI is InChI=1S/C29H23Cl2N3O4S/c1-34(17-19-9-11-20(37-2)12-10-19)39(35,36)23-6-3-5-21(15-23)38-22-13-14-26(30)25(16-22)28-24-7-4-8-27(31)29(24)33-18-32-28/h3-16,18H,17H2,1-2H3. The first-order chi connectivity index (χ1) is 18.8. The van der Waals surface area contributed by atoms with Crippen LogP contribution >= 0.6 is 23.2 Å². The molecule has 0 amide bonds. The van der Waals surface area contributed by atoms with Gasteiger partial charge in [0.15, 0.2) is 0 Å². The zero-order chi connectivity index (χ0) is 27.6. The molecule has 0 N–H and O–H groups in total. The summed E-state index contributed by atoms with van der Waals surface area (Å²) in [5, 5.41) is 1.73. The number of fused-ring (bicyclic) bond motifs is 1. The lowest BCUT2D eigenvalue weighted by molar-refractivity contribution is 0.414. The summed E-state index contributed by atoms with van der Waals surface area (Å²) in [6.07, 6.45) is 1.43. The smallest absolute Gasteiger partial charge is 0.243 e. The molecule has 7 nitrogen and oxygen atoms in total. The number of benzene rings is 4. The number of hydrogen-bond acceptors (Lipinski definition) is 6. The van der Waals surface area contributed by atoms with Gasteiger partial charge < -0.3 is 9.47 Å². The molecule has 0 saturated heterocycles. The molecule has 10 heteroatoms. The second-order valence-electron chi connectivity index (χ2n) is 8.69. The Kier molecular flexibility index (Phi) is 7.72. The number of halogens is 2. The summed E-state index contributed by atoms with van der Waals surface area (Å²) in [7, 11) is -0.661. The predicted molar refractivity (Wildman–Crippen MR) is 153 cm³/mol. The van der Waals surface area contributed by atoms with E-state index in [1.807, 2.05) is 24.3 Å². The monoisotopic (exact) mass is 579 g/mol. The van der Waals surface area contributed by atoms with Crippen LogP contribution in [0.2, 0.25) is 10.0 Å². The topological polar surface area (TPSA) is 81.6 Å². The summed E-state index contributed by atoms with van der Waals surface area (Å²) < 4.78 is 39.1. The molecule has 1 aromatic heterocycles. The summed E-state index contributed by atoms with van der Waals surface area (Å²) in [5.41, 5.74) is 2.69. The van der Waals surface area contributed by atoms with Gasteiger partial charge in [0, 0.05) is 30.6 Å². The molecule has 0 aliphatic rings. The van der Waals surface area contributed by atoms with Crippen molar-refractivity contribution >= 4 is 44.1 Å². The van der Waals surface area contributed by atoms with E-state index in [4.69, 9.17) is 32.7 Å². The fourth-order valence-electron chi connectivity index (χ4n) is 4.10. The summed E-state index contributed by atoms with van der Waals surface area (Å²) in [4.78, 5) is 8.83. The van der Waals surface area contributed by atoms with E-state index in [0.717, 1.165) is 10.9 Å². The molecular formula is C29H23Cl2N3O4S. The second-order valence-corrected chi connectivity index (χ2v) is 11.5. The summed E-state index contributed by atoms with van der Waals surface area (Å²) in [6, 6.07) is 24.2. The minimum Gasteiger partial charge on any atom is -0.497 e. The third kappa shape index (κ3) is 5.69. The summed E-state index contributed by atoms with van der Waals surface area (Å²) in [6.45, 7) is 0.203. The lowest BCUT2D eigenvalue weighted by Gasteiger charge is -2.18. The average Bonchev–Trinajstić information content (AvgIpc) is 2.94. The first-order valence-corrected chi connectivity index (χ1v) is 14.0. The van der Waals surface area contributed by atoms with Crippen molar-refractivity contribution in [2.24, 2.45) is 0 Å². The number of methoxy groups -OCH3 is 1. The Morgan fingerprint density at radius 2 is 1.54 bits per heavy atom. The molecule has 0 fully saturated rings. The van der Waals surface area contributed by atoms with Gasteiger partial charge >= 0.3 is 0 Å². The SMILES string of the molecule is COc1ccc(CN(C)S(=O)(=O)c2cccc(Oc3ccc(Cl)c(-c4ncnc5c(Cl)cccc45)c3)c2)cc1. The molecule has 198 valence electrons. The third-order valence-corrected chi connectivity index (χ3v) is 8.56. The fraction of sp³-hybridized carbons (Fsp3) is 0.103. The van der Waals surface area contributed by atoms with E-state index in [1.165, 1.54) is 29.8 Å². The van der Waals surface area contributed by atoms with Crippen LogP contribution in [-0.4, -0.2) is 36.8 Å². The Balaban J connectivity index is 1.41. The second kappa shape index (κ2) is 11.2. The van der Waals surface area contributed by atoms with Crippen LogP contribution in [0.15, 0.2) is 96.2 Å². The van der Waals surface area contributed by atoms with Crippen LogP contribution in [0, 0.1) is 0 Å². The number of rotatable bonds is 8. The van der Waals surface area contributed by atoms with Gasteiger partial charge in [0.25, 0.3) is 0 Å². The minimum absolute atomic E-state index is 0.113. The predicted octanol–water partition coefficient (Wildman–Crippen LogP) is 7.23. The van der Waals surface area contributed by atoms with Gasteiger partial charge in [-0.25, -0.2) is 18.4 Å². The van der Waals surface area contributed by atoms with Crippen LogP contribution in [0.3, 0.4) is 0 Å². The molecule has 4 aromatic carbocycles. The molecule has 5 rings (SSSR count). The van der Waals surface area contributed by atoms with Crippen LogP contribution in [0.5, 0.6) is 17.2 Å². The largest absolute Gasteiger partial charge is 0.497 e. The van der Waals surface area contributed by atoms with Crippen LogP contribution in [0.4, 0.5) is 0 Å². The van der Waals surface area contributed by atoms with Crippen molar-refractivity contribution in [1.82, 2.24) is 14.3 Å². The van der Waals surface area contributed by atoms with Gasteiger partial charge in [-0.2, -0.15) is 4.31 Å². The maximum atomic E-state index is 13.3. The van der Waals surface area contributed by atoms with E-state index in [9.17, 15) is 8.42 Å². The third-order valence-electron chi connectivity index (χ3n) is 6.12. The molecule has 0 radical (unpaired) electrons. The molecule has 39 heavy (non-hydrogen) atoms. The van der Waals surface area contributed by atoms with Gasteiger partial charge in [0.1, 0.15) is 23.6 Å². The Hall–Kier alpha value is -3.69. The Labute approximate surface area is 236 Å². The maximum absolute atomic E-state index is 13.3. The van der Waals surface area contributed by atoms with E-state index in [1.54, 1.807) is 55.6 Å². The maximum Gasteiger partial charge on any atom is 0.243 e. The van der Waals surface area contributed by atoms with Crippen molar-refractivity contribution in [3.05, 3.63) is 107 Å². The van der Waals surface area contributed by atoms with Crippen molar-refractivity contribution in [3.63, 3.8) is 0 Å². The van der Waals surface area contributed by atoms with E-state index in [2.05, 4.69) is 9.97 Å². The highest BCUT2D eigenvalue weighted by Crippen LogP contribution is 2.37. The highest BCUT2D eigenvalue weighted by Gasteiger charge is 2.22. The van der Waals surface area contributed by atoms with Gasteiger partial charge in [-0.3, -0.25) is 0 Å². The lowest BCUT2D eigenvalue weighted by Crippen LogP contribution is -2.26. The van der Waals surface area contributed by atoms with Crippen molar-refractivity contribution in [2.75, 3.05) is 14.2 Å². The van der Waals surface area contributed by atoms with Crippen molar-refractivity contribution in [1.29, 1.82) is 0 Å². The lowest BCUT2D eigenvalue weighted by atomic mass is 10.1. The Morgan fingerprint density at radius 3 is 2.31 bits per heavy atom. The molecule has 0 saturated carbocycles. The van der Waals surface area contributed by atoms with Gasteiger partial charge in [-0.05, 0) is 54.1 Å². The quantitative estimate of drug-likeness (QED) is 0.193. The van der Waals surface area contributed by atoms with Gasteiger partial charge in [-0.1, -0.05) is 53.5 Å². The Morgan fingerprint density at radius 1 is 0.821 bits per heavy atom. The van der Waals surface area contributed by atoms with Gasteiger partial charge in [0.05, 0.1) is 33.3 Å². The first kappa shape index (κ1) is 26.9. The number of sulfonamides is 1. The number of para-hydroxylation sites is 1. The van der Waals surface area contributed by atoms with Gasteiger partial charge in [-0.15, -0.1) is 0 Å². The van der Waals surface area contributed by atoms with Crippen LogP contribution < -0.4 is 9.47 Å². The molecule has 0 aliphatic carbocycles. The minimum atomic E-state index is -3.78. The van der Waals surface area contributed by atoms with Crippen LogP contribution in [0.25, 0.3) is 22.2 Å². The van der Waals surface area contributed by atoms with E-state index >= 15 is 0 Å². The van der Waals surface area contributed by atoms with Crippen LogP contribution in [-0.2, 0) is 16.6 Å². The first-order valence-electron chi connectivity index (χ1n) is 11.8. The number of ether oxygens (including phenoxy) is 2. The van der Waals surface area contributed by atoms with E-state index < -0.39 is 10.0 Å². The molecule has 0 aliphatic heterocycles. The van der Waals surface area contributed by atoms with E-state index in [0.29, 0.717) is 44.1 Å². The fourth-order valence-corrected chi connectivity index (χ4v) is 5.73. The number of hydrogen-bond donors (Lipinski definition) is 0. The van der Waals surface area contributed by atoms with Crippen molar-refractivity contribution in [2.45, 2.75) is 11.4 Å². The molecular weight excluding hydrogens is 557 g/mol. The average molecular weight is 580 g/mol. The molecule has 1 heterocycles. The Bertz CT molecular complexity index is 1760. The summed E-state index contributed by atoms with van der Waals surface area (Å²) in [5.74, 6) is 1.53. The molecule has 0 spiro atoms. The zero-order valence-electron chi connectivity index (χ0n) is 21.0. The number of aromatic nitrogens is 2. The van der Waals surface area contributed by atoms with E-state index in [-0.39, 0.29) is 11.4 Å². The highest BCUT2D eigenvalue weighted by molar-refractivity contribution is 7.89. The summed E-state index contributed by atoms with van der Waals surface area (Å²) >= 11 is 12.9. The molecule has 5 aromatic rings. The van der Waals surface area contributed by atoms with Crippen molar-refractivity contribution < 1.29 is 17.9 Å². The van der Waals surface area contributed by atoms with Crippen LogP contribution in [0.1, 0.15) is 5.56 Å². The highest BCUT2D eigenvalue weighted by atomic mass is 35.5. The van der Waals surface area contributed by atoms with Gasteiger partial charge in [0.2, 0.25) is 10.0 Å². The molecule has 0 bridgehead atoms. The zero-order valence-corrected chi connectivity index (χ0v) is 23.3. The normalized spacial score (nSPS) is 11.6. The molecule has 0 atom stereocenters. The number of nitrogens with zero attached hydrogens (tertiary/aromatic N) is 3. The molecule has 0 unspecified atom stereocenters. The van der Waals surface area contributed by atoms with Crippen molar-refractivity contribution in [3.8, 4) is 28.5 Å².